The van der Waals surface area contributed by atoms with Crippen molar-refractivity contribution in [1.29, 1.82) is 0 Å². The van der Waals surface area contributed by atoms with E-state index in [0.717, 1.165) is 30.2 Å². The third-order valence-electron chi connectivity index (χ3n) is 6.37. The molecule has 2 N–H and O–H groups in total. The number of thiophene rings is 1. The van der Waals surface area contributed by atoms with Crippen molar-refractivity contribution in [2.45, 2.75) is 50.4 Å². The third kappa shape index (κ3) is 1.76. The van der Waals surface area contributed by atoms with E-state index < -0.39 is 0 Å². The molecule has 4 aliphatic carbocycles. The molecule has 0 radical (unpaired) electrons. The Morgan fingerprint density at radius 3 is 2.32 bits per heavy atom. The average Bonchev–Trinajstić information content (AvgIpc) is 2.92. The first-order valence-electron chi connectivity index (χ1n) is 8.07. The summed E-state index contributed by atoms with van der Waals surface area (Å²) in [5.74, 6) is 4.06. The largest absolute Gasteiger partial charge is 0.330 e. The molecule has 4 saturated carbocycles. The fourth-order valence-electron chi connectivity index (χ4n) is 5.90. The van der Waals surface area contributed by atoms with Gasteiger partial charge in [0.2, 0.25) is 0 Å². The van der Waals surface area contributed by atoms with Gasteiger partial charge in [-0.1, -0.05) is 6.07 Å². The molecule has 4 fully saturated rings. The first-order valence-corrected chi connectivity index (χ1v) is 8.95. The molecule has 0 saturated heterocycles. The Balaban J connectivity index is 1.74. The van der Waals surface area contributed by atoms with Gasteiger partial charge in [0.1, 0.15) is 0 Å². The molecule has 0 unspecified atom stereocenters. The van der Waals surface area contributed by atoms with Crippen LogP contribution < -0.4 is 5.73 Å². The fourth-order valence-corrected chi connectivity index (χ4v) is 7.01. The summed E-state index contributed by atoms with van der Waals surface area (Å²) >= 11 is 2.01. The van der Waals surface area contributed by atoms with Crippen molar-refractivity contribution < 1.29 is 0 Å². The highest BCUT2D eigenvalue weighted by Crippen LogP contribution is 2.64. The first kappa shape index (κ1) is 12.4. The van der Waals surface area contributed by atoms with Gasteiger partial charge in [0.15, 0.2) is 0 Å². The van der Waals surface area contributed by atoms with E-state index in [1.807, 2.05) is 11.3 Å². The molecule has 1 heterocycles. The summed E-state index contributed by atoms with van der Waals surface area (Å²) < 4.78 is 0. The van der Waals surface area contributed by atoms with Gasteiger partial charge in [-0.15, -0.1) is 11.3 Å². The molecule has 104 valence electrons. The lowest BCUT2D eigenvalue weighted by atomic mass is 9.44. The quantitative estimate of drug-likeness (QED) is 0.876. The summed E-state index contributed by atoms with van der Waals surface area (Å²) in [7, 11) is 0. The van der Waals surface area contributed by atoms with Crippen molar-refractivity contribution in [1.82, 2.24) is 0 Å². The molecule has 0 spiro atoms. The summed E-state index contributed by atoms with van der Waals surface area (Å²) in [5.41, 5.74) is 6.36. The first-order chi connectivity index (χ1) is 9.33. The van der Waals surface area contributed by atoms with Gasteiger partial charge in [0, 0.05) is 10.3 Å². The van der Waals surface area contributed by atoms with Gasteiger partial charge >= 0.3 is 0 Å². The lowest BCUT2D eigenvalue weighted by molar-refractivity contribution is -0.0638. The molecule has 0 atom stereocenters. The molecule has 2 heteroatoms. The highest BCUT2D eigenvalue weighted by molar-refractivity contribution is 7.10. The minimum atomic E-state index is 0.515. The normalized spacial score (nSPS) is 43.8. The van der Waals surface area contributed by atoms with Gasteiger partial charge < -0.3 is 5.73 Å². The number of nitrogens with two attached hydrogens (primary N) is 1. The molecule has 1 aromatic heterocycles. The van der Waals surface area contributed by atoms with Crippen molar-refractivity contribution in [3.05, 3.63) is 22.4 Å². The van der Waals surface area contributed by atoms with Crippen LogP contribution >= 0.6 is 11.3 Å². The highest BCUT2D eigenvalue weighted by Gasteiger charge is 2.57. The monoisotopic (exact) mass is 275 g/mol. The van der Waals surface area contributed by atoms with Gasteiger partial charge in [-0.25, -0.2) is 0 Å². The second-order valence-electron chi connectivity index (χ2n) is 7.21. The van der Waals surface area contributed by atoms with Crippen LogP contribution in [0, 0.1) is 23.7 Å². The molecule has 0 aromatic carbocycles. The van der Waals surface area contributed by atoms with Crippen molar-refractivity contribution in [2.75, 3.05) is 6.54 Å². The minimum Gasteiger partial charge on any atom is -0.330 e. The molecule has 1 nitrogen and oxygen atoms in total. The maximum atomic E-state index is 5.85. The third-order valence-corrected chi connectivity index (χ3v) is 7.43. The van der Waals surface area contributed by atoms with E-state index in [1.54, 1.807) is 11.3 Å². The summed E-state index contributed by atoms with van der Waals surface area (Å²) in [6, 6.07) is 4.68. The van der Waals surface area contributed by atoms with Crippen molar-refractivity contribution in [3.8, 4) is 0 Å². The summed E-state index contributed by atoms with van der Waals surface area (Å²) in [4.78, 5) is 1.69. The lowest BCUT2D eigenvalue weighted by Gasteiger charge is -2.61. The van der Waals surface area contributed by atoms with E-state index in [-0.39, 0.29) is 0 Å². The predicted octanol–water partition coefficient (Wildman–Crippen LogP) is 4.18. The van der Waals surface area contributed by atoms with Gasteiger partial charge in [-0.05, 0) is 86.6 Å². The van der Waals surface area contributed by atoms with Gasteiger partial charge in [-0.3, -0.25) is 0 Å². The maximum Gasteiger partial charge on any atom is 0.0113 e. The Kier molecular flexibility index (Phi) is 3.00. The van der Waals surface area contributed by atoms with E-state index in [9.17, 15) is 0 Å². The van der Waals surface area contributed by atoms with Crippen LogP contribution in [-0.2, 0) is 5.41 Å². The van der Waals surface area contributed by atoms with E-state index in [2.05, 4.69) is 17.5 Å². The molecular formula is C17H25NS. The van der Waals surface area contributed by atoms with Crippen molar-refractivity contribution in [2.24, 2.45) is 29.4 Å². The topological polar surface area (TPSA) is 26.0 Å². The molecular weight excluding hydrogens is 250 g/mol. The highest BCUT2D eigenvalue weighted by atomic mass is 32.1. The van der Waals surface area contributed by atoms with Crippen molar-refractivity contribution in [3.63, 3.8) is 0 Å². The standard InChI is InChI=1S/C17H25NS/c18-5-2-4-17(16-3-1-6-19-16)14-8-12-7-13(10-14)11-15(17)9-12/h1,3,6,12-15H,2,4-5,7-11,18H2. The van der Waals surface area contributed by atoms with Gasteiger partial charge in [-0.2, -0.15) is 0 Å². The van der Waals surface area contributed by atoms with Crippen LogP contribution in [0.5, 0.6) is 0 Å². The zero-order valence-electron chi connectivity index (χ0n) is 11.7. The van der Waals surface area contributed by atoms with E-state index in [4.69, 9.17) is 5.73 Å². The second kappa shape index (κ2) is 4.60. The Bertz CT molecular complexity index is 408. The Morgan fingerprint density at radius 2 is 1.79 bits per heavy atom. The van der Waals surface area contributed by atoms with Crippen LogP contribution in [0.2, 0.25) is 0 Å². The van der Waals surface area contributed by atoms with Crippen LogP contribution in [0.15, 0.2) is 17.5 Å². The molecule has 5 rings (SSSR count). The zero-order chi connectivity index (χ0) is 12.9. The second-order valence-corrected chi connectivity index (χ2v) is 8.16. The van der Waals surface area contributed by atoms with Gasteiger partial charge in [0.25, 0.3) is 0 Å². The van der Waals surface area contributed by atoms with Crippen molar-refractivity contribution >= 4 is 11.3 Å². The fraction of sp³-hybridized carbons (Fsp3) is 0.765. The van der Waals surface area contributed by atoms with Crippen LogP contribution in [0.1, 0.15) is 49.8 Å². The smallest absolute Gasteiger partial charge is 0.0113 e. The number of rotatable bonds is 4. The molecule has 1 aromatic rings. The number of hydrogen-bond donors (Lipinski definition) is 1. The summed E-state index contributed by atoms with van der Waals surface area (Å²) in [5, 5.41) is 2.28. The summed E-state index contributed by atoms with van der Waals surface area (Å²) in [6.45, 7) is 0.861. The molecule has 4 bridgehead atoms. The Morgan fingerprint density at radius 1 is 1.11 bits per heavy atom. The molecule has 0 amide bonds. The van der Waals surface area contributed by atoms with Crippen LogP contribution in [0.25, 0.3) is 0 Å². The zero-order valence-corrected chi connectivity index (χ0v) is 12.5. The minimum absolute atomic E-state index is 0.515. The lowest BCUT2D eigenvalue weighted by Crippen LogP contribution is -2.55. The van der Waals surface area contributed by atoms with E-state index in [0.29, 0.717) is 5.41 Å². The van der Waals surface area contributed by atoms with E-state index in [1.165, 1.54) is 38.5 Å². The molecule has 19 heavy (non-hydrogen) atoms. The van der Waals surface area contributed by atoms with Crippen LogP contribution in [0.3, 0.4) is 0 Å². The Hall–Kier alpha value is -0.340. The SMILES string of the molecule is NCCCC1(c2cccs2)C2CC3CC(C2)CC1C3. The maximum absolute atomic E-state index is 5.85. The molecule has 4 aliphatic rings. The predicted molar refractivity (Wildman–Crippen MR) is 81.3 cm³/mol. The Labute approximate surface area is 120 Å². The summed E-state index contributed by atoms with van der Waals surface area (Å²) in [6.07, 6.45) is 10.1. The van der Waals surface area contributed by atoms with Crippen LogP contribution in [0.4, 0.5) is 0 Å². The van der Waals surface area contributed by atoms with Crippen LogP contribution in [-0.4, -0.2) is 6.54 Å². The van der Waals surface area contributed by atoms with Gasteiger partial charge in [0.05, 0.1) is 0 Å². The average molecular weight is 275 g/mol. The molecule has 0 aliphatic heterocycles. The van der Waals surface area contributed by atoms with E-state index >= 15 is 0 Å². The number of hydrogen-bond acceptors (Lipinski definition) is 2.